The molecule has 1 aromatic heterocycles. The molecule has 0 saturated carbocycles. The Morgan fingerprint density at radius 2 is 2.23 bits per heavy atom. The Hall–Kier alpha value is -3.53. The Kier molecular flexibility index (Phi) is 7.50. The number of benzene rings is 1. The number of nitrogens with one attached hydrogen (secondary N) is 1. The molecule has 4 rings (SSSR count). The molecular weight excluding hydrogens is 412 g/mol. The van der Waals surface area contributed by atoms with Gasteiger partial charge in [0.15, 0.2) is 0 Å². The van der Waals surface area contributed by atoms with E-state index in [4.69, 9.17) is 21.0 Å². The number of carbonyl (C=O) groups is 1. The molecule has 0 unspecified atom stereocenters. The van der Waals surface area contributed by atoms with Gasteiger partial charge in [-0.3, -0.25) is 4.79 Å². The van der Waals surface area contributed by atoms with E-state index in [0.29, 0.717) is 30.0 Å². The van der Waals surface area contributed by atoms with Crippen molar-refractivity contribution in [2.45, 2.75) is 18.9 Å². The SMILES string of the molecule is C#N.N#Cc1ccc(Oc2ccc3c(c2)CC(C[C@H](N)C(=O)N2CCSC2)=CN3)nc1. The number of aromatic nitrogens is 1. The van der Waals surface area contributed by atoms with Gasteiger partial charge in [0.05, 0.1) is 17.5 Å². The second-order valence-electron chi connectivity index (χ2n) is 6.99. The number of ether oxygens (including phenoxy) is 1. The van der Waals surface area contributed by atoms with Gasteiger partial charge in [0, 0.05) is 43.0 Å². The number of carbonyl (C=O) groups excluding carboxylic acids is 1. The van der Waals surface area contributed by atoms with E-state index >= 15 is 0 Å². The highest BCUT2D eigenvalue weighted by Crippen LogP contribution is 2.31. The highest BCUT2D eigenvalue weighted by atomic mass is 32.2. The van der Waals surface area contributed by atoms with Crippen LogP contribution in [0.25, 0.3) is 0 Å². The fourth-order valence-corrected chi connectivity index (χ4v) is 4.30. The second kappa shape index (κ2) is 10.5. The number of amides is 1. The largest absolute Gasteiger partial charge is 0.439 e. The number of hydrogen-bond donors (Lipinski definition) is 2. The second-order valence-corrected chi connectivity index (χ2v) is 8.07. The van der Waals surface area contributed by atoms with Crippen LogP contribution in [0.5, 0.6) is 11.6 Å². The summed E-state index contributed by atoms with van der Waals surface area (Å²) in [6.45, 7) is 4.28. The number of hydrogen-bond acceptors (Lipinski definition) is 8. The maximum atomic E-state index is 12.5. The maximum Gasteiger partial charge on any atom is 0.240 e. The number of rotatable bonds is 5. The van der Waals surface area contributed by atoms with Crippen LogP contribution in [0.2, 0.25) is 0 Å². The van der Waals surface area contributed by atoms with Gasteiger partial charge < -0.3 is 20.7 Å². The number of nitriles is 2. The minimum atomic E-state index is -0.523. The zero-order chi connectivity index (χ0) is 22.2. The topological polar surface area (TPSA) is 128 Å². The minimum Gasteiger partial charge on any atom is -0.439 e. The third kappa shape index (κ3) is 5.54. The van der Waals surface area contributed by atoms with Crippen LogP contribution in [-0.4, -0.2) is 40.0 Å². The third-order valence-electron chi connectivity index (χ3n) is 4.88. The average molecular weight is 435 g/mol. The molecule has 0 aliphatic carbocycles. The summed E-state index contributed by atoms with van der Waals surface area (Å²) in [5.74, 6) is 2.83. The van der Waals surface area contributed by atoms with Crippen LogP contribution in [0.15, 0.2) is 48.3 Å². The molecule has 158 valence electrons. The van der Waals surface area contributed by atoms with E-state index in [2.05, 4.69) is 16.9 Å². The Balaban J connectivity index is 0.00000132. The summed E-state index contributed by atoms with van der Waals surface area (Å²) in [7, 11) is 0. The normalized spacial score (nSPS) is 15.3. The molecule has 2 aromatic rings. The molecule has 1 fully saturated rings. The molecule has 0 bridgehead atoms. The van der Waals surface area contributed by atoms with E-state index in [1.165, 1.54) is 6.20 Å². The summed E-state index contributed by atoms with van der Waals surface area (Å²) in [4.78, 5) is 18.4. The first-order valence-electron chi connectivity index (χ1n) is 9.62. The van der Waals surface area contributed by atoms with Crippen molar-refractivity contribution >= 4 is 23.4 Å². The van der Waals surface area contributed by atoms with Crippen LogP contribution in [0.1, 0.15) is 17.5 Å². The zero-order valence-electron chi connectivity index (χ0n) is 16.8. The van der Waals surface area contributed by atoms with E-state index in [-0.39, 0.29) is 5.91 Å². The number of fused-ring (bicyclic) bond motifs is 1. The van der Waals surface area contributed by atoms with E-state index in [1.807, 2.05) is 35.4 Å². The molecule has 0 spiro atoms. The van der Waals surface area contributed by atoms with Crippen LogP contribution in [0.3, 0.4) is 0 Å². The van der Waals surface area contributed by atoms with E-state index < -0.39 is 6.04 Å². The molecule has 2 aliphatic heterocycles. The van der Waals surface area contributed by atoms with Crippen molar-refractivity contribution in [3.8, 4) is 24.3 Å². The van der Waals surface area contributed by atoms with E-state index in [9.17, 15) is 4.79 Å². The maximum absolute atomic E-state index is 12.5. The Morgan fingerprint density at radius 1 is 1.39 bits per heavy atom. The molecule has 1 aromatic carbocycles. The lowest BCUT2D eigenvalue weighted by atomic mass is 9.95. The lowest BCUT2D eigenvalue weighted by Crippen LogP contribution is -2.42. The monoisotopic (exact) mass is 434 g/mol. The molecule has 3 heterocycles. The number of nitrogens with zero attached hydrogens (tertiary/aromatic N) is 4. The van der Waals surface area contributed by atoms with Gasteiger partial charge in [-0.15, -0.1) is 11.8 Å². The Labute approximate surface area is 185 Å². The van der Waals surface area contributed by atoms with Crippen molar-refractivity contribution < 1.29 is 9.53 Å². The molecule has 3 N–H and O–H groups in total. The third-order valence-corrected chi connectivity index (χ3v) is 5.84. The lowest BCUT2D eigenvalue weighted by molar-refractivity contribution is -0.131. The van der Waals surface area contributed by atoms with Crippen molar-refractivity contribution in [3.05, 3.63) is 59.4 Å². The van der Waals surface area contributed by atoms with Crippen molar-refractivity contribution in [2.24, 2.45) is 5.73 Å². The van der Waals surface area contributed by atoms with Gasteiger partial charge in [-0.1, -0.05) is 0 Å². The number of thioether (sulfide) groups is 1. The number of pyridine rings is 1. The minimum absolute atomic E-state index is 0.0191. The summed E-state index contributed by atoms with van der Waals surface area (Å²) < 4.78 is 5.81. The van der Waals surface area contributed by atoms with Gasteiger partial charge in [-0.2, -0.15) is 5.26 Å². The summed E-state index contributed by atoms with van der Waals surface area (Å²) in [5, 5.41) is 18.6. The van der Waals surface area contributed by atoms with Crippen molar-refractivity contribution in [1.82, 2.24) is 9.88 Å². The summed E-state index contributed by atoms with van der Waals surface area (Å²) in [6.07, 6.45) is 4.65. The molecule has 1 amide bonds. The van der Waals surface area contributed by atoms with Gasteiger partial charge in [0.25, 0.3) is 0 Å². The lowest BCUT2D eigenvalue weighted by Gasteiger charge is -2.23. The average Bonchev–Trinajstić information content (AvgIpc) is 3.35. The first-order chi connectivity index (χ1) is 15.1. The van der Waals surface area contributed by atoms with Crippen molar-refractivity contribution in [1.29, 1.82) is 10.5 Å². The molecule has 31 heavy (non-hydrogen) atoms. The molecule has 1 saturated heterocycles. The smallest absolute Gasteiger partial charge is 0.240 e. The van der Waals surface area contributed by atoms with Crippen LogP contribution in [0, 0.1) is 23.2 Å². The molecule has 8 nitrogen and oxygen atoms in total. The van der Waals surface area contributed by atoms with E-state index in [0.717, 1.165) is 35.0 Å². The fourth-order valence-electron chi connectivity index (χ4n) is 3.35. The van der Waals surface area contributed by atoms with Crippen LogP contribution in [0.4, 0.5) is 5.69 Å². The van der Waals surface area contributed by atoms with Crippen molar-refractivity contribution in [2.75, 3.05) is 23.5 Å². The molecule has 9 heteroatoms. The summed E-state index contributed by atoms with van der Waals surface area (Å²) >= 11 is 1.76. The standard InChI is InChI=1S/C21H21N5O2S.CHN/c22-10-14-1-4-20(25-11-14)28-17-2-3-19-16(9-17)7-15(12-24-19)8-18(23)21(27)26-5-6-29-13-26;1-2/h1-4,9,11-12,18,24H,5-8,13,23H2;1H/t18-;/m0./s1. The predicted molar refractivity (Wildman–Crippen MR) is 119 cm³/mol. The Morgan fingerprint density at radius 3 is 2.90 bits per heavy atom. The van der Waals surface area contributed by atoms with Gasteiger partial charge in [-0.25, -0.2) is 10.2 Å². The quantitative estimate of drug-likeness (QED) is 0.735. The highest BCUT2D eigenvalue weighted by molar-refractivity contribution is 7.99. The molecule has 0 radical (unpaired) electrons. The summed E-state index contributed by atoms with van der Waals surface area (Å²) in [5.41, 5.74) is 9.83. The highest BCUT2D eigenvalue weighted by Gasteiger charge is 2.25. The first-order valence-corrected chi connectivity index (χ1v) is 10.8. The number of nitrogens with two attached hydrogens (primary N) is 1. The van der Waals surface area contributed by atoms with Crippen LogP contribution in [-0.2, 0) is 11.2 Å². The first kappa shape index (κ1) is 22.2. The zero-order valence-corrected chi connectivity index (χ0v) is 17.6. The van der Waals surface area contributed by atoms with Crippen LogP contribution >= 0.6 is 11.8 Å². The van der Waals surface area contributed by atoms with Gasteiger partial charge in [-0.05, 0) is 48.2 Å². The molecule has 2 aliphatic rings. The van der Waals surface area contributed by atoms with E-state index in [1.54, 1.807) is 23.9 Å². The molecular formula is C22H22N6O2S. The van der Waals surface area contributed by atoms with Gasteiger partial charge in [0.1, 0.15) is 11.8 Å². The predicted octanol–water partition coefficient (Wildman–Crippen LogP) is 2.99. The fraction of sp³-hybridized carbons (Fsp3) is 0.273. The summed E-state index contributed by atoms with van der Waals surface area (Å²) in [6, 6.07) is 10.6. The van der Waals surface area contributed by atoms with Gasteiger partial charge >= 0.3 is 0 Å². The van der Waals surface area contributed by atoms with Crippen molar-refractivity contribution in [3.63, 3.8) is 0 Å². The Bertz CT molecular complexity index is 1020. The van der Waals surface area contributed by atoms with Crippen LogP contribution < -0.4 is 15.8 Å². The molecule has 1 atom stereocenters. The number of anilines is 1. The van der Waals surface area contributed by atoms with Gasteiger partial charge in [0.2, 0.25) is 11.8 Å².